The van der Waals surface area contributed by atoms with Crippen molar-refractivity contribution in [2.45, 2.75) is 25.6 Å². The number of esters is 1. The van der Waals surface area contributed by atoms with Crippen LogP contribution in [-0.2, 0) is 16.5 Å². The van der Waals surface area contributed by atoms with E-state index in [1.807, 2.05) is 6.92 Å². The maximum atomic E-state index is 11.8. The highest BCUT2D eigenvalue weighted by molar-refractivity contribution is 9.08. The summed E-state index contributed by atoms with van der Waals surface area (Å²) >= 11 is 3.37. The first-order chi connectivity index (χ1) is 8.19. The van der Waals surface area contributed by atoms with Crippen molar-refractivity contribution in [1.82, 2.24) is 0 Å². The van der Waals surface area contributed by atoms with Gasteiger partial charge in [0.05, 0.1) is 23.8 Å². The summed E-state index contributed by atoms with van der Waals surface area (Å²) in [5.74, 6) is -0.332. The minimum Gasteiger partial charge on any atom is -0.462 e. The van der Waals surface area contributed by atoms with Crippen LogP contribution in [0.4, 0.5) is 0 Å². The normalized spacial score (nSPS) is 9.76. The van der Waals surface area contributed by atoms with Crippen LogP contribution in [0.25, 0.3) is 0 Å². The highest BCUT2D eigenvalue weighted by atomic mass is 79.9. The van der Waals surface area contributed by atoms with Crippen LogP contribution in [-0.4, -0.2) is 12.6 Å². The van der Waals surface area contributed by atoms with E-state index in [9.17, 15) is 4.79 Å². The number of rotatable bonds is 4. The predicted molar refractivity (Wildman–Crippen MR) is 69.1 cm³/mol. The number of hydrogen-bond acceptors (Lipinski definition) is 3. The van der Waals surface area contributed by atoms with Crippen molar-refractivity contribution in [1.29, 1.82) is 5.26 Å². The van der Waals surface area contributed by atoms with E-state index in [0.717, 1.165) is 17.5 Å². The number of nitrogens with zero attached hydrogens (tertiary/aromatic N) is 1. The Labute approximate surface area is 110 Å². The van der Waals surface area contributed by atoms with E-state index >= 15 is 0 Å². The lowest BCUT2D eigenvalue weighted by Gasteiger charge is -2.12. The largest absolute Gasteiger partial charge is 0.462 e. The number of hydrogen-bond donors (Lipinski definition) is 0. The van der Waals surface area contributed by atoms with Crippen molar-refractivity contribution in [2.75, 3.05) is 6.61 Å². The molecule has 0 fully saturated rings. The molecule has 0 aliphatic heterocycles. The molecule has 0 atom stereocenters. The van der Waals surface area contributed by atoms with Gasteiger partial charge in [0.15, 0.2) is 0 Å². The third kappa shape index (κ3) is 2.86. The van der Waals surface area contributed by atoms with E-state index in [4.69, 9.17) is 10.00 Å². The monoisotopic (exact) mass is 295 g/mol. The van der Waals surface area contributed by atoms with Gasteiger partial charge in [-0.1, -0.05) is 22.9 Å². The van der Waals surface area contributed by atoms with E-state index < -0.39 is 0 Å². The molecule has 1 rings (SSSR count). The van der Waals surface area contributed by atoms with Crippen LogP contribution in [0.2, 0.25) is 0 Å². The summed E-state index contributed by atoms with van der Waals surface area (Å²) in [6, 6.07) is 5.48. The molecule has 90 valence electrons. The Morgan fingerprint density at radius 3 is 2.59 bits per heavy atom. The minimum atomic E-state index is -0.332. The van der Waals surface area contributed by atoms with Gasteiger partial charge in [-0.05, 0) is 36.6 Å². The Morgan fingerprint density at radius 2 is 2.12 bits per heavy atom. The van der Waals surface area contributed by atoms with Gasteiger partial charge in [-0.15, -0.1) is 0 Å². The van der Waals surface area contributed by atoms with Gasteiger partial charge in [0, 0.05) is 5.33 Å². The molecule has 0 saturated carbocycles. The molecule has 17 heavy (non-hydrogen) atoms. The van der Waals surface area contributed by atoms with Gasteiger partial charge in [0.1, 0.15) is 0 Å². The van der Waals surface area contributed by atoms with Crippen LogP contribution in [0.3, 0.4) is 0 Å². The van der Waals surface area contributed by atoms with Crippen LogP contribution < -0.4 is 0 Å². The van der Waals surface area contributed by atoms with Gasteiger partial charge < -0.3 is 4.74 Å². The highest BCUT2D eigenvalue weighted by Gasteiger charge is 2.17. The number of ether oxygens (including phenoxy) is 1. The van der Waals surface area contributed by atoms with Gasteiger partial charge in [-0.3, -0.25) is 0 Å². The number of benzene rings is 1. The van der Waals surface area contributed by atoms with E-state index in [1.165, 1.54) is 0 Å². The second-order valence-corrected chi connectivity index (χ2v) is 4.00. The van der Waals surface area contributed by atoms with Crippen LogP contribution in [0.15, 0.2) is 12.1 Å². The average Bonchev–Trinajstić information content (AvgIpc) is 2.36. The maximum Gasteiger partial charge on any atom is 0.338 e. The summed E-state index contributed by atoms with van der Waals surface area (Å²) in [4.78, 5) is 11.8. The lowest BCUT2D eigenvalue weighted by molar-refractivity contribution is 0.0525. The summed E-state index contributed by atoms with van der Waals surface area (Å²) in [5, 5.41) is 9.56. The number of halogens is 1. The Hall–Kier alpha value is -1.34. The van der Waals surface area contributed by atoms with E-state index in [-0.39, 0.29) is 5.97 Å². The van der Waals surface area contributed by atoms with Gasteiger partial charge in [0.25, 0.3) is 0 Å². The van der Waals surface area contributed by atoms with Crippen molar-refractivity contribution in [3.63, 3.8) is 0 Å². The summed E-state index contributed by atoms with van der Waals surface area (Å²) in [6.45, 7) is 4.09. The van der Waals surface area contributed by atoms with Crippen molar-refractivity contribution < 1.29 is 9.53 Å². The molecule has 0 amide bonds. The molecule has 0 N–H and O–H groups in total. The number of carbonyl (C=O) groups is 1. The summed E-state index contributed by atoms with van der Waals surface area (Å²) in [7, 11) is 0. The van der Waals surface area contributed by atoms with Crippen LogP contribution >= 0.6 is 15.9 Å². The number of carbonyl (C=O) groups excluding carboxylic acids is 1. The second-order valence-electron chi connectivity index (χ2n) is 3.44. The summed E-state index contributed by atoms with van der Waals surface area (Å²) in [5.41, 5.74) is 2.93. The Balaban J connectivity index is 3.34. The Morgan fingerprint density at radius 1 is 1.41 bits per heavy atom. The van der Waals surface area contributed by atoms with E-state index in [2.05, 4.69) is 22.0 Å². The Bertz CT molecular complexity index is 463. The molecule has 4 heteroatoms. The fourth-order valence-corrected chi connectivity index (χ4v) is 2.39. The fourth-order valence-electron chi connectivity index (χ4n) is 1.75. The first-order valence-corrected chi connectivity index (χ1v) is 6.59. The molecule has 0 aliphatic carbocycles. The molecule has 1 aromatic carbocycles. The summed E-state index contributed by atoms with van der Waals surface area (Å²) in [6.07, 6.45) is 0.719. The van der Waals surface area contributed by atoms with Crippen LogP contribution in [0, 0.1) is 11.3 Å². The SMILES string of the molecule is CCOC(=O)c1ccc(C#N)c(CC)c1CBr. The molecule has 0 saturated heterocycles. The van der Waals surface area contributed by atoms with Crippen molar-refractivity contribution in [3.05, 3.63) is 34.4 Å². The van der Waals surface area contributed by atoms with Crippen LogP contribution in [0.5, 0.6) is 0 Å². The smallest absolute Gasteiger partial charge is 0.338 e. The first kappa shape index (κ1) is 13.7. The molecular weight excluding hydrogens is 282 g/mol. The maximum absolute atomic E-state index is 11.8. The van der Waals surface area contributed by atoms with Gasteiger partial charge in [-0.2, -0.15) is 5.26 Å². The molecule has 0 aliphatic rings. The zero-order chi connectivity index (χ0) is 12.8. The molecule has 0 aromatic heterocycles. The first-order valence-electron chi connectivity index (χ1n) is 5.47. The third-order valence-corrected chi connectivity index (χ3v) is 3.09. The van der Waals surface area contributed by atoms with E-state index in [0.29, 0.717) is 23.1 Å². The summed E-state index contributed by atoms with van der Waals surface area (Å²) < 4.78 is 5.00. The molecule has 0 radical (unpaired) electrons. The number of alkyl halides is 1. The highest BCUT2D eigenvalue weighted by Crippen LogP contribution is 2.23. The molecule has 0 unspecified atom stereocenters. The standard InChI is InChI=1S/C13H14BrNO2/c1-3-10-9(8-15)5-6-11(12(10)7-14)13(16)17-4-2/h5-6H,3-4,7H2,1-2H3. The lowest BCUT2D eigenvalue weighted by atomic mass is 9.96. The predicted octanol–water partition coefficient (Wildman–Crippen LogP) is 3.19. The molecule has 0 spiro atoms. The van der Waals surface area contributed by atoms with E-state index in [1.54, 1.807) is 19.1 Å². The van der Waals surface area contributed by atoms with Gasteiger partial charge >= 0.3 is 5.97 Å². The van der Waals surface area contributed by atoms with Gasteiger partial charge in [-0.25, -0.2) is 4.79 Å². The molecule has 1 aromatic rings. The second kappa shape index (κ2) is 6.41. The average molecular weight is 296 g/mol. The zero-order valence-corrected chi connectivity index (χ0v) is 11.5. The topological polar surface area (TPSA) is 50.1 Å². The lowest BCUT2D eigenvalue weighted by Crippen LogP contribution is -2.10. The molecular formula is C13H14BrNO2. The number of nitriles is 1. The third-order valence-electron chi connectivity index (χ3n) is 2.53. The van der Waals surface area contributed by atoms with Crippen molar-refractivity contribution in [3.8, 4) is 6.07 Å². The van der Waals surface area contributed by atoms with Crippen LogP contribution in [0.1, 0.15) is 40.9 Å². The molecule has 3 nitrogen and oxygen atoms in total. The zero-order valence-electron chi connectivity index (χ0n) is 9.92. The van der Waals surface area contributed by atoms with Crippen molar-refractivity contribution >= 4 is 21.9 Å². The quantitative estimate of drug-likeness (QED) is 0.633. The molecule has 0 bridgehead atoms. The molecule has 0 heterocycles. The Kier molecular flexibility index (Phi) is 5.17. The fraction of sp³-hybridized carbons (Fsp3) is 0.385. The van der Waals surface area contributed by atoms with Gasteiger partial charge in [0.2, 0.25) is 0 Å². The minimum absolute atomic E-state index is 0.332. The van der Waals surface area contributed by atoms with Crippen molar-refractivity contribution in [2.24, 2.45) is 0 Å².